The van der Waals surface area contributed by atoms with Crippen molar-refractivity contribution in [2.75, 3.05) is 19.8 Å². The van der Waals surface area contributed by atoms with Crippen LogP contribution >= 0.6 is 11.8 Å². The van der Waals surface area contributed by atoms with Gasteiger partial charge in [-0.3, -0.25) is 14.5 Å². The highest BCUT2D eigenvalue weighted by molar-refractivity contribution is 8.18. The Morgan fingerprint density at radius 1 is 1.25 bits per heavy atom. The molecule has 1 heterocycles. The maximum atomic E-state index is 12.6. The Labute approximate surface area is 168 Å². The average molecular weight is 403 g/mol. The van der Waals surface area contributed by atoms with Gasteiger partial charge in [0.2, 0.25) is 0 Å². The lowest BCUT2D eigenvalue weighted by molar-refractivity contribution is -0.150. The molecule has 0 aromatic heterocycles. The molecular weight excluding hydrogens is 382 g/mol. The molecule has 1 aliphatic rings. The topological polar surface area (TPSA) is 82.1 Å². The lowest BCUT2D eigenvalue weighted by Crippen LogP contribution is -2.42. The van der Waals surface area contributed by atoms with Crippen LogP contribution in [0.3, 0.4) is 0 Å². The number of carbonyl (C=O) groups is 3. The molecule has 1 unspecified atom stereocenters. The molecule has 0 spiro atoms. The predicted molar refractivity (Wildman–Crippen MR) is 106 cm³/mol. The van der Waals surface area contributed by atoms with E-state index in [4.69, 9.17) is 20.6 Å². The van der Waals surface area contributed by atoms with E-state index in [9.17, 15) is 14.4 Å². The van der Waals surface area contributed by atoms with Crippen LogP contribution in [0.25, 0.3) is 6.08 Å². The minimum absolute atomic E-state index is 0.101. The van der Waals surface area contributed by atoms with Crippen molar-refractivity contribution in [1.29, 1.82) is 0 Å². The second-order valence-electron chi connectivity index (χ2n) is 5.61. The summed E-state index contributed by atoms with van der Waals surface area (Å²) < 4.78 is 15.9. The van der Waals surface area contributed by atoms with E-state index in [1.165, 1.54) is 6.92 Å². The van der Waals surface area contributed by atoms with Gasteiger partial charge < -0.3 is 14.2 Å². The molecule has 0 aliphatic carbocycles. The number of rotatable bonds is 8. The Hall–Kier alpha value is -2.92. The second-order valence-corrected chi connectivity index (χ2v) is 6.60. The molecule has 2 rings (SSSR count). The van der Waals surface area contributed by atoms with Crippen molar-refractivity contribution >= 4 is 35.0 Å². The van der Waals surface area contributed by atoms with Crippen molar-refractivity contribution in [3.05, 3.63) is 28.7 Å². The molecule has 0 bridgehead atoms. The van der Waals surface area contributed by atoms with E-state index in [1.807, 2.05) is 6.92 Å². The van der Waals surface area contributed by atoms with Crippen molar-refractivity contribution in [3.63, 3.8) is 0 Å². The SMILES string of the molecule is C#CCOc1ccc(/C=C2\SC(=O)N(C(C)C(=O)OCC)C2=O)cc1OCC. The fourth-order valence-corrected chi connectivity index (χ4v) is 3.36. The summed E-state index contributed by atoms with van der Waals surface area (Å²) in [4.78, 5) is 37.9. The normalized spacial score (nSPS) is 16.1. The van der Waals surface area contributed by atoms with E-state index in [2.05, 4.69) is 5.92 Å². The number of carbonyl (C=O) groups excluding carboxylic acids is 3. The van der Waals surface area contributed by atoms with Gasteiger partial charge in [-0.05, 0) is 56.3 Å². The number of amides is 2. The van der Waals surface area contributed by atoms with E-state index in [-0.39, 0.29) is 18.1 Å². The Balaban J connectivity index is 2.26. The van der Waals surface area contributed by atoms with Crippen LogP contribution in [0.1, 0.15) is 26.3 Å². The lowest BCUT2D eigenvalue weighted by Gasteiger charge is -2.19. The first-order chi connectivity index (χ1) is 13.4. The third-order valence-electron chi connectivity index (χ3n) is 3.71. The number of ether oxygens (including phenoxy) is 3. The highest BCUT2D eigenvalue weighted by Gasteiger charge is 2.41. The first-order valence-corrected chi connectivity index (χ1v) is 9.51. The number of esters is 1. The maximum Gasteiger partial charge on any atom is 0.329 e. The highest BCUT2D eigenvalue weighted by atomic mass is 32.2. The molecule has 1 fully saturated rings. The fourth-order valence-electron chi connectivity index (χ4n) is 2.45. The Morgan fingerprint density at radius 3 is 2.64 bits per heavy atom. The third-order valence-corrected chi connectivity index (χ3v) is 4.60. The van der Waals surface area contributed by atoms with Gasteiger partial charge in [-0.1, -0.05) is 12.0 Å². The number of terminal acetylenes is 1. The quantitative estimate of drug-likeness (QED) is 0.375. The summed E-state index contributed by atoms with van der Waals surface area (Å²) in [6, 6.07) is 4.10. The van der Waals surface area contributed by atoms with Gasteiger partial charge in [-0.15, -0.1) is 6.42 Å². The zero-order valence-electron chi connectivity index (χ0n) is 15.9. The van der Waals surface area contributed by atoms with Gasteiger partial charge in [0, 0.05) is 0 Å². The summed E-state index contributed by atoms with van der Waals surface area (Å²) in [6.07, 6.45) is 6.78. The van der Waals surface area contributed by atoms with Crippen LogP contribution in [0.4, 0.5) is 4.79 Å². The summed E-state index contributed by atoms with van der Waals surface area (Å²) >= 11 is 0.770. The molecule has 0 radical (unpaired) electrons. The summed E-state index contributed by atoms with van der Waals surface area (Å²) in [7, 11) is 0. The first kappa shape index (κ1) is 21.4. The average Bonchev–Trinajstić information content (AvgIpc) is 2.94. The van der Waals surface area contributed by atoms with Gasteiger partial charge >= 0.3 is 5.97 Å². The van der Waals surface area contributed by atoms with Crippen molar-refractivity contribution in [2.24, 2.45) is 0 Å². The summed E-state index contributed by atoms with van der Waals surface area (Å²) in [5.41, 5.74) is 0.644. The van der Waals surface area contributed by atoms with E-state index < -0.39 is 23.2 Å². The summed E-state index contributed by atoms with van der Waals surface area (Å²) in [5.74, 6) is 2.18. The predicted octanol–water partition coefficient (Wildman–Crippen LogP) is 3.09. The molecule has 1 saturated heterocycles. The summed E-state index contributed by atoms with van der Waals surface area (Å²) in [5, 5.41) is -0.518. The van der Waals surface area contributed by atoms with Gasteiger partial charge in [0.05, 0.1) is 18.1 Å². The van der Waals surface area contributed by atoms with Gasteiger partial charge in [-0.25, -0.2) is 4.79 Å². The van der Waals surface area contributed by atoms with Crippen LogP contribution < -0.4 is 9.47 Å². The van der Waals surface area contributed by atoms with Crippen molar-refractivity contribution in [1.82, 2.24) is 4.90 Å². The number of benzene rings is 1. The number of imide groups is 1. The molecule has 0 saturated carbocycles. The molecule has 28 heavy (non-hydrogen) atoms. The van der Waals surface area contributed by atoms with Gasteiger partial charge in [0.1, 0.15) is 12.6 Å². The molecule has 7 nitrogen and oxygen atoms in total. The van der Waals surface area contributed by atoms with E-state index in [0.717, 1.165) is 16.7 Å². The van der Waals surface area contributed by atoms with Crippen LogP contribution in [0.15, 0.2) is 23.1 Å². The van der Waals surface area contributed by atoms with Crippen LogP contribution in [0.5, 0.6) is 11.5 Å². The Bertz CT molecular complexity index is 842. The second kappa shape index (κ2) is 9.85. The van der Waals surface area contributed by atoms with E-state index in [0.29, 0.717) is 23.7 Å². The highest BCUT2D eigenvalue weighted by Crippen LogP contribution is 2.35. The maximum absolute atomic E-state index is 12.6. The minimum atomic E-state index is -0.989. The molecule has 0 N–H and O–H groups in total. The molecule has 2 amide bonds. The Morgan fingerprint density at radius 2 is 2.00 bits per heavy atom. The van der Waals surface area contributed by atoms with Crippen molar-refractivity contribution < 1.29 is 28.6 Å². The smallest absolute Gasteiger partial charge is 0.329 e. The van der Waals surface area contributed by atoms with E-state index in [1.54, 1.807) is 31.2 Å². The zero-order valence-corrected chi connectivity index (χ0v) is 16.7. The van der Waals surface area contributed by atoms with Gasteiger partial charge in [-0.2, -0.15) is 0 Å². The standard InChI is InChI=1S/C20H21NO6S/c1-5-10-27-15-9-8-14(11-16(15)25-6-2)12-17-18(22)21(20(24)28-17)13(4)19(23)26-7-3/h1,8-9,11-13H,6-7,10H2,2-4H3/b17-12-. The Kier molecular flexibility index (Phi) is 7.52. The minimum Gasteiger partial charge on any atom is -0.490 e. The van der Waals surface area contributed by atoms with Crippen LogP contribution in [-0.2, 0) is 14.3 Å². The number of hydrogen-bond donors (Lipinski definition) is 0. The van der Waals surface area contributed by atoms with Crippen LogP contribution in [-0.4, -0.2) is 47.9 Å². The van der Waals surface area contributed by atoms with Gasteiger partial charge in [0.15, 0.2) is 11.5 Å². The number of nitrogens with zero attached hydrogens (tertiary/aromatic N) is 1. The lowest BCUT2D eigenvalue weighted by atomic mass is 10.1. The molecule has 1 aliphatic heterocycles. The van der Waals surface area contributed by atoms with Crippen LogP contribution in [0, 0.1) is 12.3 Å². The number of thioether (sulfide) groups is 1. The summed E-state index contributed by atoms with van der Waals surface area (Å²) in [6.45, 7) is 5.64. The molecular formula is C20H21NO6S. The molecule has 1 atom stereocenters. The largest absolute Gasteiger partial charge is 0.490 e. The monoisotopic (exact) mass is 403 g/mol. The third kappa shape index (κ3) is 4.87. The molecule has 1 aromatic carbocycles. The first-order valence-electron chi connectivity index (χ1n) is 8.69. The van der Waals surface area contributed by atoms with Gasteiger partial charge in [0.25, 0.3) is 11.1 Å². The van der Waals surface area contributed by atoms with Crippen molar-refractivity contribution in [3.8, 4) is 23.8 Å². The fraction of sp³-hybridized carbons (Fsp3) is 0.350. The molecule has 148 valence electrons. The molecule has 1 aromatic rings. The van der Waals surface area contributed by atoms with Crippen LogP contribution in [0.2, 0.25) is 0 Å². The zero-order chi connectivity index (χ0) is 20.7. The molecule has 8 heteroatoms. The van der Waals surface area contributed by atoms with Crippen molar-refractivity contribution in [2.45, 2.75) is 26.8 Å². The van der Waals surface area contributed by atoms with E-state index >= 15 is 0 Å². The number of hydrogen-bond acceptors (Lipinski definition) is 7.